The largest absolute Gasteiger partial charge is 0.398 e. The lowest BCUT2D eigenvalue weighted by molar-refractivity contribution is 0.477. The first-order valence-electron chi connectivity index (χ1n) is 5.42. The number of nitrogen functional groups attached to an aromatic ring is 1. The van der Waals surface area contributed by atoms with Crippen LogP contribution in [0.4, 0.5) is 5.69 Å². The first-order chi connectivity index (χ1) is 8.15. The molecule has 3 N–H and O–H groups in total. The maximum atomic E-state index is 12.2. The molecule has 0 aliphatic carbocycles. The highest BCUT2D eigenvalue weighted by atomic mass is 35.5. The Labute approximate surface area is 118 Å². The summed E-state index contributed by atoms with van der Waals surface area (Å²) < 4.78 is 26.9. The van der Waals surface area contributed by atoms with Gasteiger partial charge in [-0.2, -0.15) is 0 Å². The Morgan fingerprint density at radius 3 is 2.22 bits per heavy atom. The van der Waals surface area contributed by atoms with Gasteiger partial charge in [-0.1, -0.05) is 37.0 Å². The van der Waals surface area contributed by atoms with Crippen molar-refractivity contribution in [2.24, 2.45) is 5.92 Å². The van der Waals surface area contributed by atoms with E-state index < -0.39 is 10.0 Å². The van der Waals surface area contributed by atoms with E-state index in [1.807, 2.05) is 13.8 Å². The lowest BCUT2D eigenvalue weighted by atomic mass is 10.1. The summed E-state index contributed by atoms with van der Waals surface area (Å²) in [6, 6.07) is 2.50. The van der Waals surface area contributed by atoms with E-state index >= 15 is 0 Å². The van der Waals surface area contributed by atoms with Gasteiger partial charge in [0.05, 0.1) is 10.7 Å². The summed E-state index contributed by atoms with van der Waals surface area (Å²) in [5.41, 5.74) is 5.71. The van der Waals surface area contributed by atoms with Gasteiger partial charge in [-0.15, -0.1) is 0 Å². The summed E-state index contributed by atoms with van der Waals surface area (Å²) in [6.45, 7) is 5.61. The molecule has 0 aromatic heterocycles. The average molecular weight is 311 g/mol. The predicted octanol–water partition coefficient (Wildman–Crippen LogP) is 2.90. The third kappa shape index (κ3) is 3.51. The summed E-state index contributed by atoms with van der Waals surface area (Å²) in [5, 5.41) is 0.316. The van der Waals surface area contributed by atoms with Gasteiger partial charge in [0.2, 0.25) is 10.0 Å². The van der Waals surface area contributed by atoms with E-state index in [4.69, 9.17) is 28.9 Å². The molecular weight excluding hydrogens is 295 g/mol. The minimum absolute atomic E-state index is 0.0171. The minimum Gasteiger partial charge on any atom is -0.398 e. The predicted molar refractivity (Wildman–Crippen MR) is 75.5 cm³/mol. The van der Waals surface area contributed by atoms with Gasteiger partial charge in [0, 0.05) is 11.1 Å². The molecule has 0 heterocycles. The first kappa shape index (κ1) is 15.6. The molecule has 0 radical (unpaired) electrons. The van der Waals surface area contributed by atoms with Crippen LogP contribution in [-0.4, -0.2) is 14.5 Å². The monoisotopic (exact) mass is 310 g/mol. The first-order valence-corrected chi connectivity index (χ1v) is 7.66. The third-order valence-corrected chi connectivity index (χ3v) is 4.95. The molecule has 102 valence electrons. The molecule has 1 atom stereocenters. The van der Waals surface area contributed by atoms with E-state index in [-0.39, 0.29) is 27.6 Å². The highest BCUT2D eigenvalue weighted by Crippen LogP contribution is 2.31. The Morgan fingerprint density at radius 2 is 1.78 bits per heavy atom. The van der Waals surface area contributed by atoms with Crippen LogP contribution in [0.3, 0.4) is 0 Å². The van der Waals surface area contributed by atoms with Crippen LogP contribution in [0.2, 0.25) is 10.0 Å². The molecule has 0 fully saturated rings. The number of nitrogens with one attached hydrogen (secondary N) is 1. The number of rotatable bonds is 4. The van der Waals surface area contributed by atoms with Crippen LogP contribution in [0, 0.1) is 5.92 Å². The quantitative estimate of drug-likeness (QED) is 0.840. The fourth-order valence-electron chi connectivity index (χ4n) is 1.30. The molecule has 1 aromatic rings. The average Bonchev–Trinajstić information content (AvgIpc) is 2.13. The Morgan fingerprint density at radius 1 is 1.22 bits per heavy atom. The normalized spacial score (nSPS) is 13.9. The molecule has 1 rings (SSSR count). The molecule has 0 saturated carbocycles. The second-order valence-electron chi connectivity index (χ2n) is 4.46. The van der Waals surface area contributed by atoms with Crippen molar-refractivity contribution in [2.75, 3.05) is 5.73 Å². The van der Waals surface area contributed by atoms with Crippen LogP contribution < -0.4 is 10.5 Å². The summed E-state index contributed by atoms with van der Waals surface area (Å²) in [5.74, 6) is 0.159. The van der Waals surface area contributed by atoms with Gasteiger partial charge in [-0.3, -0.25) is 0 Å². The number of halogens is 2. The van der Waals surface area contributed by atoms with Crippen molar-refractivity contribution in [3.63, 3.8) is 0 Å². The molecule has 0 aliphatic rings. The van der Waals surface area contributed by atoms with Crippen LogP contribution >= 0.6 is 23.2 Å². The molecule has 4 nitrogen and oxygen atoms in total. The Bertz CT molecular complexity index is 521. The summed E-state index contributed by atoms with van der Waals surface area (Å²) >= 11 is 11.6. The Hall–Kier alpha value is -0.490. The number of hydrogen-bond donors (Lipinski definition) is 2. The number of hydrogen-bond acceptors (Lipinski definition) is 3. The highest BCUT2D eigenvalue weighted by molar-refractivity contribution is 7.89. The van der Waals surface area contributed by atoms with E-state index in [2.05, 4.69) is 4.72 Å². The van der Waals surface area contributed by atoms with Gasteiger partial charge < -0.3 is 5.73 Å². The lowest BCUT2D eigenvalue weighted by Crippen LogP contribution is -2.36. The van der Waals surface area contributed by atoms with Gasteiger partial charge in [0.25, 0.3) is 0 Å². The molecule has 0 aliphatic heterocycles. The van der Waals surface area contributed by atoms with E-state index in [0.29, 0.717) is 5.02 Å². The molecule has 7 heteroatoms. The van der Waals surface area contributed by atoms with Gasteiger partial charge in [0.1, 0.15) is 4.90 Å². The van der Waals surface area contributed by atoms with Crippen LogP contribution in [-0.2, 0) is 10.0 Å². The molecule has 18 heavy (non-hydrogen) atoms. The van der Waals surface area contributed by atoms with Crippen molar-refractivity contribution >= 4 is 38.9 Å². The third-order valence-electron chi connectivity index (χ3n) is 2.65. The second kappa shape index (κ2) is 5.65. The molecule has 0 spiro atoms. The molecule has 0 bridgehead atoms. The van der Waals surface area contributed by atoms with Gasteiger partial charge in [-0.05, 0) is 25.0 Å². The summed E-state index contributed by atoms with van der Waals surface area (Å²) in [7, 11) is -3.75. The zero-order valence-electron chi connectivity index (χ0n) is 10.4. The van der Waals surface area contributed by atoms with Crippen molar-refractivity contribution in [3.8, 4) is 0 Å². The van der Waals surface area contributed by atoms with Crippen molar-refractivity contribution in [1.82, 2.24) is 4.72 Å². The molecule has 0 amide bonds. The lowest BCUT2D eigenvalue weighted by Gasteiger charge is -2.19. The standard InChI is InChI=1S/C11H16Cl2N2O2S/c1-6(2)7(3)15-18(16,17)11-9(13)4-8(12)5-10(11)14/h4-7,15H,14H2,1-3H3. The summed E-state index contributed by atoms with van der Waals surface area (Å²) in [6.07, 6.45) is 0. The minimum atomic E-state index is -3.75. The van der Waals surface area contributed by atoms with Gasteiger partial charge >= 0.3 is 0 Å². The van der Waals surface area contributed by atoms with E-state index in [1.165, 1.54) is 12.1 Å². The summed E-state index contributed by atoms with van der Waals surface area (Å²) in [4.78, 5) is -0.124. The van der Waals surface area contributed by atoms with Crippen LogP contribution in [0.5, 0.6) is 0 Å². The van der Waals surface area contributed by atoms with Gasteiger partial charge in [0.15, 0.2) is 0 Å². The molecule has 0 saturated heterocycles. The van der Waals surface area contributed by atoms with Crippen molar-refractivity contribution in [1.29, 1.82) is 0 Å². The fraction of sp³-hybridized carbons (Fsp3) is 0.455. The van der Waals surface area contributed by atoms with Gasteiger partial charge in [-0.25, -0.2) is 13.1 Å². The highest BCUT2D eigenvalue weighted by Gasteiger charge is 2.24. The van der Waals surface area contributed by atoms with E-state index in [0.717, 1.165) is 0 Å². The Balaban J connectivity index is 3.21. The number of anilines is 1. The zero-order chi connectivity index (χ0) is 14.1. The molecule has 1 unspecified atom stereocenters. The van der Waals surface area contributed by atoms with E-state index in [9.17, 15) is 8.42 Å². The second-order valence-corrected chi connectivity index (χ2v) is 6.95. The number of nitrogens with two attached hydrogens (primary N) is 1. The fourth-order valence-corrected chi connectivity index (χ4v) is 3.68. The smallest absolute Gasteiger partial charge is 0.244 e. The van der Waals surface area contributed by atoms with Crippen LogP contribution in [0.1, 0.15) is 20.8 Å². The SMILES string of the molecule is CC(C)C(C)NS(=O)(=O)c1c(N)cc(Cl)cc1Cl. The zero-order valence-corrected chi connectivity index (χ0v) is 12.7. The van der Waals surface area contributed by atoms with Crippen molar-refractivity contribution in [3.05, 3.63) is 22.2 Å². The molecular formula is C11H16Cl2N2O2S. The Kier molecular flexibility index (Phi) is 4.89. The van der Waals surface area contributed by atoms with Crippen LogP contribution in [0.25, 0.3) is 0 Å². The van der Waals surface area contributed by atoms with E-state index in [1.54, 1.807) is 6.92 Å². The van der Waals surface area contributed by atoms with Crippen molar-refractivity contribution < 1.29 is 8.42 Å². The van der Waals surface area contributed by atoms with Crippen LogP contribution in [0.15, 0.2) is 17.0 Å². The maximum absolute atomic E-state index is 12.2. The van der Waals surface area contributed by atoms with Crippen molar-refractivity contribution in [2.45, 2.75) is 31.7 Å². The topological polar surface area (TPSA) is 72.2 Å². The maximum Gasteiger partial charge on any atom is 0.244 e. The number of sulfonamides is 1. The molecule has 1 aromatic carbocycles. The number of benzene rings is 1.